The summed E-state index contributed by atoms with van der Waals surface area (Å²) in [6, 6.07) is 5.29. The number of halogens is 2. The van der Waals surface area contributed by atoms with Crippen LogP contribution in [0.5, 0.6) is 0 Å². The van der Waals surface area contributed by atoms with Crippen molar-refractivity contribution in [2.24, 2.45) is 0 Å². The highest BCUT2D eigenvalue weighted by Gasteiger charge is 2.11. The summed E-state index contributed by atoms with van der Waals surface area (Å²) in [5.74, 6) is 1.57. The van der Waals surface area contributed by atoms with Crippen LogP contribution in [0.2, 0.25) is 10.0 Å². The molecule has 0 saturated carbocycles. The monoisotopic (exact) mass is 310 g/mol. The third kappa shape index (κ3) is 3.32. The van der Waals surface area contributed by atoms with Crippen LogP contribution in [0, 0.1) is 0 Å². The second-order valence-electron chi connectivity index (χ2n) is 4.30. The summed E-state index contributed by atoms with van der Waals surface area (Å²) in [4.78, 5) is 8.54. The fourth-order valence-electron chi connectivity index (χ4n) is 1.94. The standard InChI is InChI=1S/C14H16Cl2N4/c1-3-4-10-13(17-2)18-8-19-14(10)20-12-7-9(15)5-6-11(12)16/h5-8H,3-4H2,1-2H3,(H2,17,18,19,20). The Kier molecular flexibility index (Phi) is 5.04. The fourth-order valence-corrected chi connectivity index (χ4v) is 2.28. The number of anilines is 3. The number of nitrogens with one attached hydrogen (secondary N) is 2. The van der Waals surface area contributed by atoms with E-state index >= 15 is 0 Å². The molecular weight excluding hydrogens is 295 g/mol. The SMILES string of the molecule is CCCc1c(NC)ncnc1Nc1cc(Cl)ccc1Cl. The molecule has 0 amide bonds. The molecular formula is C14H16Cl2N4. The number of rotatable bonds is 5. The zero-order valence-corrected chi connectivity index (χ0v) is 12.9. The van der Waals surface area contributed by atoms with Gasteiger partial charge in [-0.25, -0.2) is 9.97 Å². The van der Waals surface area contributed by atoms with E-state index in [1.807, 2.05) is 7.05 Å². The Hall–Kier alpha value is -1.52. The van der Waals surface area contributed by atoms with Gasteiger partial charge in [-0.05, 0) is 24.6 Å². The van der Waals surface area contributed by atoms with Crippen molar-refractivity contribution in [3.63, 3.8) is 0 Å². The summed E-state index contributed by atoms with van der Waals surface area (Å²) in [7, 11) is 1.84. The Balaban J connectivity index is 2.39. The van der Waals surface area contributed by atoms with Gasteiger partial charge in [0.1, 0.15) is 18.0 Å². The maximum absolute atomic E-state index is 6.17. The molecule has 106 valence electrons. The molecule has 0 unspecified atom stereocenters. The zero-order valence-electron chi connectivity index (χ0n) is 11.4. The molecule has 4 nitrogen and oxygen atoms in total. The van der Waals surface area contributed by atoms with Crippen molar-refractivity contribution in [3.8, 4) is 0 Å². The second-order valence-corrected chi connectivity index (χ2v) is 5.14. The number of nitrogens with zero attached hydrogens (tertiary/aromatic N) is 2. The Labute approximate surface area is 128 Å². The zero-order chi connectivity index (χ0) is 14.5. The average molecular weight is 311 g/mol. The molecule has 2 aromatic rings. The van der Waals surface area contributed by atoms with Crippen LogP contribution in [0.15, 0.2) is 24.5 Å². The predicted molar refractivity (Wildman–Crippen MR) is 85.3 cm³/mol. The van der Waals surface area contributed by atoms with E-state index in [9.17, 15) is 0 Å². The minimum atomic E-state index is 0.599. The van der Waals surface area contributed by atoms with Crippen LogP contribution in [-0.4, -0.2) is 17.0 Å². The first-order valence-electron chi connectivity index (χ1n) is 6.39. The molecule has 2 N–H and O–H groups in total. The molecule has 1 aromatic carbocycles. The summed E-state index contributed by atoms with van der Waals surface area (Å²) >= 11 is 12.2. The van der Waals surface area contributed by atoms with Gasteiger partial charge in [-0.1, -0.05) is 36.5 Å². The van der Waals surface area contributed by atoms with E-state index in [0.29, 0.717) is 10.0 Å². The molecule has 0 fully saturated rings. The molecule has 6 heteroatoms. The lowest BCUT2D eigenvalue weighted by atomic mass is 10.1. The lowest BCUT2D eigenvalue weighted by molar-refractivity contribution is 0.905. The van der Waals surface area contributed by atoms with E-state index < -0.39 is 0 Å². The van der Waals surface area contributed by atoms with Crippen LogP contribution in [0.3, 0.4) is 0 Å². The molecule has 0 radical (unpaired) electrons. The van der Waals surface area contributed by atoms with Crippen molar-refractivity contribution < 1.29 is 0 Å². The molecule has 0 aliphatic heterocycles. The topological polar surface area (TPSA) is 49.8 Å². The van der Waals surface area contributed by atoms with Crippen LogP contribution < -0.4 is 10.6 Å². The smallest absolute Gasteiger partial charge is 0.139 e. The van der Waals surface area contributed by atoms with Crippen molar-refractivity contribution >= 4 is 40.5 Å². The van der Waals surface area contributed by atoms with Gasteiger partial charge in [-0.15, -0.1) is 0 Å². The minimum Gasteiger partial charge on any atom is -0.373 e. The summed E-state index contributed by atoms with van der Waals surface area (Å²) in [5, 5.41) is 7.54. The van der Waals surface area contributed by atoms with E-state index in [0.717, 1.165) is 35.7 Å². The highest BCUT2D eigenvalue weighted by Crippen LogP contribution is 2.30. The number of benzene rings is 1. The maximum atomic E-state index is 6.17. The largest absolute Gasteiger partial charge is 0.373 e. The van der Waals surface area contributed by atoms with Gasteiger partial charge in [0.05, 0.1) is 10.7 Å². The van der Waals surface area contributed by atoms with Crippen LogP contribution in [0.25, 0.3) is 0 Å². The molecule has 0 bridgehead atoms. The number of aromatic nitrogens is 2. The van der Waals surface area contributed by atoms with Gasteiger partial charge in [0.2, 0.25) is 0 Å². The van der Waals surface area contributed by atoms with Gasteiger partial charge in [0, 0.05) is 17.6 Å². The molecule has 20 heavy (non-hydrogen) atoms. The first-order chi connectivity index (χ1) is 9.65. The number of hydrogen-bond donors (Lipinski definition) is 2. The highest BCUT2D eigenvalue weighted by molar-refractivity contribution is 6.35. The predicted octanol–water partition coefficient (Wildman–Crippen LogP) is 4.52. The van der Waals surface area contributed by atoms with Gasteiger partial charge < -0.3 is 10.6 Å². The van der Waals surface area contributed by atoms with E-state index in [1.54, 1.807) is 18.2 Å². The molecule has 2 rings (SSSR count). The Morgan fingerprint density at radius 3 is 2.60 bits per heavy atom. The molecule has 0 aliphatic rings. The fraction of sp³-hybridized carbons (Fsp3) is 0.286. The molecule has 0 aliphatic carbocycles. The summed E-state index contributed by atoms with van der Waals surface area (Å²) in [6.45, 7) is 2.11. The summed E-state index contributed by atoms with van der Waals surface area (Å²) in [5.41, 5.74) is 1.77. The van der Waals surface area contributed by atoms with Gasteiger partial charge in [0.15, 0.2) is 0 Å². The number of hydrogen-bond acceptors (Lipinski definition) is 4. The third-order valence-electron chi connectivity index (χ3n) is 2.86. The van der Waals surface area contributed by atoms with Gasteiger partial charge >= 0.3 is 0 Å². The van der Waals surface area contributed by atoms with Gasteiger partial charge in [0.25, 0.3) is 0 Å². The Bertz CT molecular complexity index is 602. The molecule has 1 heterocycles. The van der Waals surface area contributed by atoms with Crippen LogP contribution >= 0.6 is 23.2 Å². The van der Waals surface area contributed by atoms with Crippen LogP contribution in [0.4, 0.5) is 17.3 Å². The maximum Gasteiger partial charge on any atom is 0.139 e. The van der Waals surface area contributed by atoms with E-state index in [2.05, 4.69) is 27.5 Å². The molecule has 0 spiro atoms. The van der Waals surface area contributed by atoms with Crippen molar-refractivity contribution in [1.29, 1.82) is 0 Å². The first kappa shape index (κ1) is 14.9. The Morgan fingerprint density at radius 1 is 1.15 bits per heavy atom. The van der Waals surface area contributed by atoms with Crippen molar-refractivity contribution in [1.82, 2.24) is 9.97 Å². The van der Waals surface area contributed by atoms with Gasteiger partial charge in [-0.3, -0.25) is 0 Å². The molecule has 1 aromatic heterocycles. The van der Waals surface area contributed by atoms with E-state index in [-0.39, 0.29) is 0 Å². The average Bonchev–Trinajstić information content (AvgIpc) is 2.45. The van der Waals surface area contributed by atoms with Gasteiger partial charge in [-0.2, -0.15) is 0 Å². The van der Waals surface area contributed by atoms with E-state index in [4.69, 9.17) is 23.2 Å². The van der Waals surface area contributed by atoms with E-state index in [1.165, 1.54) is 6.33 Å². The third-order valence-corrected chi connectivity index (χ3v) is 3.43. The lowest BCUT2D eigenvalue weighted by Gasteiger charge is -2.14. The quantitative estimate of drug-likeness (QED) is 0.852. The highest BCUT2D eigenvalue weighted by atomic mass is 35.5. The molecule has 0 atom stereocenters. The molecule has 0 saturated heterocycles. The normalized spacial score (nSPS) is 10.4. The van der Waals surface area contributed by atoms with Crippen LogP contribution in [0.1, 0.15) is 18.9 Å². The van der Waals surface area contributed by atoms with Crippen molar-refractivity contribution in [2.75, 3.05) is 17.7 Å². The Morgan fingerprint density at radius 2 is 1.90 bits per heavy atom. The lowest BCUT2D eigenvalue weighted by Crippen LogP contribution is -2.05. The van der Waals surface area contributed by atoms with Crippen LogP contribution in [-0.2, 0) is 6.42 Å². The van der Waals surface area contributed by atoms with Crippen molar-refractivity contribution in [2.45, 2.75) is 19.8 Å². The summed E-state index contributed by atoms with van der Waals surface area (Å²) < 4.78 is 0. The second kappa shape index (κ2) is 6.77. The summed E-state index contributed by atoms with van der Waals surface area (Å²) in [6.07, 6.45) is 3.39. The first-order valence-corrected chi connectivity index (χ1v) is 7.15. The minimum absolute atomic E-state index is 0.599. The van der Waals surface area contributed by atoms with Crippen molar-refractivity contribution in [3.05, 3.63) is 40.1 Å².